The fourth-order valence-corrected chi connectivity index (χ4v) is 2.92. The summed E-state index contributed by atoms with van der Waals surface area (Å²) in [5, 5.41) is 2.41. The molecule has 1 amide bonds. The molecular formula is C14H7ClFN3O2S2. The Hall–Kier alpha value is -2.03. The number of nitrogens with one attached hydrogen (secondary N) is 1. The number of amides is 1. The van der Waals surface area contributed by atoms with Crippen molar-refractivity contribution >= 4 is 51.9 Å². The number of ether oxygens (including phenoxy) is 1. The molecule has 1 aliphatic heterocycles. The second-order valence-electron chi connectivity index (χ2n) is 4.32. The third-order valence-electron chi connectivity index (χ3n) is 2.69. The Balaban J connectivity index is 1.86. The van der Waals surface area contributed by atoms with Crippen molar-refractivity contribution in [3.8, 4) is 11.6 Å². The lowest BCUT2D eigenvalue weighted by Crippen LogP contribution is -2.17. The largest absolute Gasteiger partial charge is 0.436 e. The summed E-state index contributed by atoms with van der Waals surface area (Å²) in [6.45, 7) is 0. The third-order valence-corrected chi connectivity index (χ3v) is 4.04. The first-order valence-corrected chi connectivity index (χ1v) is 7.82. The smallest absolute Gasteiger partial charge is 0.263 e. The first-order valence-electron chi connectivity index (χ1n) is 6.22. The number of aromatic nitrogens is 2. The summed E-state index contributed by atoms with van der Waals surface area (Å²) in [6.07, 6.45) is 2.59. The maximum atomic E-state index is 13.6. The van der Waals surface area contributed by atoms with E-state index in [9.17, 15) is 9.18 Å². The van der Waals surface area contributed by atoms with E-state index in [-0.39, 0.29) is 17.1 Å². The summed E-state index contributed by atoms with van der Waals surface area (Å²) in [4.78, 5) is 19.3. The van der Waals surface area contributed by atoms with Gasteiger partial charge in [-0.2, -0.15) is 9.37 Å². The second-order valence-corrected chi connectivity index (χ2v) is 6.38. The van der Waals surface area contributed by atoms with Crippen LogP contribution < -0.4 is 10.1 Å². The number of benzene rings is 1. The minimum Gasteiger partial charge on any atom is -0.436 e. The molecule has 23 heavy (non-hydrogen) atoms. The molecule has 1 aromatic heterocycles. The molecule has 0 aliphatic carbocycles. The van der Waals surface area contributed by atoms with Crippen molar-refractivity contribution in [2.45, 2.75) is 0 Å². The van der Waals surface area contributed by atoms with Crippen molar-refractivity contribution in [3.63, 3.8) is 0 Å². The molecule has 1 N–H and O–H groups in total. The van der Waals surface area contributed by atoms with Gasteiger partial charge in [0, 0.05) is 0 Å². The Kier molecular flexibility index (Phi) is 4.56. The van der Waals surface area contributed by atoms with Gasteiger partial charge < -0.3 is 10.1 Å². The normalized spacial score (nSPS) is 15.8. The lowest BCUT2D eigenvalue weighted by Gasteiger charge is -2.06. The van der Waals surface area contributed by atoms with Gasteiger partial charge in [0.1, 0.15) is 10.1 Å². The Morgan fingerprint density at radius 3 is 3.00 bits per heavy atom. The van der Waals surface area contributed by atoms with Gasteiger partial charge in [0.05, 0.1) is 11.1 Å². The number of thioether (sulfide) groups is 1. The first-order chi connectivity index (χ1) is 11.0. The van der Waals surface area contributed by atoms with Gasteiger partial charge in [0.25, 0.3) is 11.8 Å². The van der Waals surface area contributed by atoms with Gasteiger partial charge in [-0.1, -0.05) is 36.1 Å². The Morgan fingerprint density at radius 1 is 1.43 bits per heavy atom. The van der Waals surface area contributed by atoms with Gasteiger partial charge in [-0.05, 0) is 35.4 Å². The molecule has 0 saturated carbocycles. The van der Waals surface area contributed by atoms with Crippen LogP contribution in [-0.2, 0) is 4.79 Å². The highest BCUT2D eigenvalue weighted by molar-refractivity contribution is 8.26. The van der Waals surface area contributed by atoms with E-state index in [1.165, 1.54) is 11.8 Å². The van der Waals surface area contributed by atoms with Gasteiger partial charge in [-0.3, -0.25) is 4.79 Å². The predicted octanol–water partition coefficient (Wildman–Crippen LogP) is 3.55. The fourth-order valence-electron chi connectivity index (χ4n) is 1.75. The van der Waals surface area contributed by atoms with Crippen LogP contribution in [0.2, 0.25) is 5.28 Å². The minimum atomic E-state index is -0.728. The summed E-state index contributed by atoms with van der Waals surface area (Å²) < 4.78 is 19.4. The van der Waals surface area contributed by atoms with Crippen molar-refractivity contribution in [1.29, 1.82) is 0 Å². The number of thiocarbonyl (C=S) groups is 1. The number of hydrogen-bond donors (Lipinski definition) is 1. The maximum absolute atomic E-state index is 13.6. The lowest BCUT2D eigenvalue weighted by molar-refractivity contribution is -0.115. The molecule has 2 heterocycles. The monoisotopic (exact) mass is 367 g/mol. The lowest BCUT2D eigenvalue weighted by atomic mass is 10.2. The van der Waals surface area contributed by atoms with Gasteiger partial charge in [-0.15, -0.1) is 0 Å². The Labute approximate surface area is 144 Å². The number of rotatable bonds is 3. The summed E-state index contributed by atoms with van der Waals surface area (Å²) in [7, 11) is 0. The molecule has 0 spiro atoms. The van der Waals surface area contributed by atoms with E-state index in [1.54, 1.807) is 30.3 Å². The van der Waals surface area contributed by atoms with E-state index in [0.29, 0.717) is 20.5 Å². The highest BCUT2D eigenvalue weighted by Gasteiger charge is 2.21. The van der Waals surface area contributed by atoms with Crippen molar-refractivity contribution in [2.24, 2.45) is 0 Å². The number of hydrogen-bond acceptors (Lipinski definition) is 6. The zero-order chi connectivity index (χ0) is 16.4. The van der Waals surface area contributed by atoms with Gasteiger partial charge in [-0.25, -0.2) is 4.98 Å². The van der Waals surface area contributed by atoms with E-state index in [1.807, 2.05) is 0 Å². The topological polar surface area (TPSA) is 64.1 Å². The van der Waals surface area contributed by atoms with Crippen LogP contribution in [0.3, 0.4) is 0 Å². The molecule has 2 aromatic rings. The SMILES string of the molecule is O=C1NC(=S)S/C1=C\c1cccc(Oc2nc(Cl)ncc2F)c1. The van der Waals surface area contributed by atoms with E-state index in [2.05, 4.69) is 15.3 Å². The number of carbonyl (C=O) groups excluding carboxylic acids is 1. The predicted molar refractivity (Wildman–Crippen MR) is 89.8 cm³/mol. The van der Waals surface area contributed by atoms with Crippen LogP contribution in [0.1, 0.15) is 5.56 Å². The van der Waals surface area contributed by atoms with Crippen molar-refractivity contribution in [2.75, 3.05) is 0 Å². The molecule has 0 unspecified atom stereocenters. The standard InChI is InChI=1S/C14H7ClFN3O2S2/c15-13-17-6-9(16)12(19-13)21-8-3-1-2-7(4-8)5-10-11(20)18-14(22)23-10/h1-6H,(H,18,20,22)/b10-5-. The van der Waals surface area contributed by atoms with Crippen molar-refractivity contribution < 1.29 is 13.9 Å². The molecule has 0 bridgehead atoms. The van der Waals surface area contributed by atoms with Crippen LogP contribution in [0.5, 0.6) is 11.6 Å². The molecule has 116 valence electrons. The molecule has 1 fully saturated rings. The molecule has 1 aliphatic rings. The number of carbonyl (C=O) groups is 1. The first kappa shape index (κ1) is 15.9. The van der Waals surface area contributed by atoms with E-state index >= 15 is 0 Å². The highest BCUT2D eigenvalue weighted by Crippen LogP contribution is 2.28. The van der Waals surface area contributed by atoms with Crippen molar-refractivity contribution in [3.05, 3.63) is 52.0 Å². The molecule has 1 saturated heterocycles. The summed E-state index contributed by atoms with van der Waals surface area (Å²) >= 11 is 11.7. The maximum Gasteiger partial charge on any atom is 0.263 e. The van der Waals surface area contributed by atoms with Crippen LogP contribution in [-0.4, -0.2) is 20.2 Å². The molecule has 0 atom stereocenters. The van der Waals surface area contributed by atoms with Crippen LogP contribution >= 0.6 is 35.6 Å². The molecule has 5 nitrogen and oxygen atoms in total. The summed E-state index contributed by atoms with van der Waals surface area (Å²) in [5.41, 5.74) is 0.699. The molecule has 0 radical (unpaired) electrons. The average molecular weight is 368 g/mol. The van der Waals surface area contributed by atoms with Crippen LogP contribution in [0, 0.1) is 5.82 Å². The van der Waals surface area contributed by atoms with Gasteiger partial charge in [0.2, 0.25) is 11.1 Å². The molecule has 1 aromatic carbocycles. The fraction of sp³-hybridized carbons (Fsp3) is 0. The van der Waals surface area contributed by atoms with E-state index in [4.69, 9.17) is 28.6 Å². The van der Waals surface area contributed by atoms with Gasteiger partial charge >= 0.3 is 0 Å². The third kappa shape index (κ3) is 3.84. The van der Waals surface area contributed by atoms with Crippen LogP contribution in [0.15, 0.2) is 35.4 Å². The summed E-state index contributed by atoms with van der Waals surface area (Å²) in [6, 6.07) is 6.75. The average Bonchev–Trinajstić information content (AvgIpc) is 2.81. The van der Waals surface area contributed by atoms with Crippen molar-refractivity contribution in [1.82, 2.24) is 15.3 Å². The Morgan fingerprint density at radius 2 is 2.26 bits per heavy atom. The van der Waals surface area contributed by atoms with Crippen LogP contribution in [0.4, 0.5) is 4.39 Å². The Bertz CT molecular complexity index is 845. The number of halogens is 2. The number of nitrogens with zero attached hydrogens (tertiary/aromatic N) is 2. The molecule has 9 heteroatoms. The quantitative estimate of drug-likeness (QED) is 0.508. The van der Waals surface area contributed by atoms with Gasteiger partial charge in [0.15, 0.2) is 0 Å². The van der Waals surface area contributed by atoms with E-state index in [0.717, 1.165) is 6.20 Å². The molecule has 3 rings (SSSR count). The summed E-state index contributed by atoms with van der Waals surface area (Å²) in [5.74, 6) is -0.905. The van der Waals surface area contributed by atoms with E-state index < -0.39 is 5.82 Å². The minimum absolute atomic E-state index is 0.118. The zero-order valence-electron chi connectivity index (χ0n) is 11.2. The van der Waals surface area contributed by atoms with Crippen LogP contribution in [0.25, 0.3) is 6.08 Å². The second kappa shape index (κ2) is 6.61. The highest BCUT2D eigenvalue weighted by atomic mass is 35.5. The molecular weight excluding hydrogens is 361 g/mol. The zero-order valence-corrected chi connectivity index (χ0v) is 13.6.